The molecule has 0 aromatic heterocycles. The Morgan fingerprint density at radius 1 is 0.846 bits per heavy atom. The smallest absolute Gasteiger partial charge is 0.326 e. The summed E-state index contributed by atoms with van der Waals surface area (Å²) in [7, 11) is 0. The third-order valence-electron chi connectivity index (χ3n) is 4.29. The third kappa shape index (κ3) is 2.79. The molecule has 6 N–H and O–H groups in total. The van der Waals surface area contributed by atoms with Crippen LogP contribution >= 0.6 is 0 Å². The second kappa shape index (κ2) is 6.03. The molecule has 26 heavy (non-hydrogen) atoms. The van der Waals surface area contributed by atoms with Crippen LogP contribution in [0.25, 0.3) is 0 Å². The minimum atomic E-state index is -1.27. The number of hydrogen-bond donors (Lipinski definition) is 6. The molecule has 0 aliphatic carbocycles. The van der Waals surface area contributed by atoms with Crippen LogP contribution in [0.4, 0.5) is 0 Å². The molecule has 0 fully saturated rings. The molecule has 1 aliphatic rings. The average molecular weight is 361 g/mol. The fraction of sp³-hybridized carbons (Fsp3) is 0.176. The summed E-state index contributed by atoms with van der Waals surface area (Å²) in [6, 6.07) is 3.08. The van der Waals surface area contributed by atoms with Crippen LogP contribution < -0.4 is 0 Å². The van der Waals surface area contributed by atoms with Crippen molar-refractivity contribution in [1.29, 1.82) is 0 Å². The van der Waals surface area contributed by atoms with Gasteiger partial charge in [0.05, 0.1) is 0 Å². The summed E-state index contributed by atoms with van der Waals surface area (Å²) in [5.41, 5.74) is 0.724. The zero-order valence-electron chi connectivity index (χ0n) is 13.2. The molecule has 2 aromatic rings. The monoisotopic (exact) mass is 361 g/mol. The summed E-state index contributed by atoms with van der Waals surface area (Å²) in [5.74, 6) is -5.09. The van der Waals surface area contributed by atoms with Gasteiger partial charge < -0.3 is 35.5 Å². The van der Waals surface area contributed by atoms with E-state index in [1.165, 1.54) is 12.1 Å². The van der Waals surface area contributed by atoms with E-state index in [0.29, 0.717) is 11.1 Å². The second-order valence-electron chi connectivity index (χ2n) is 5.96. The van der Waals surface area contributed by atoms with Crippen molar-refractivity contribution in [2.45, 2.75) is 19.0 Å². The molecule has 9 heteroatoms. The Hall–Kier alpha value is -3.62. The molecule has 2 aromatic carbocycles. The number of benzene rings is 2. The van der Waals surface area contributed by atoms with Crippen molar-refractivity contribution in [3.63, 3.8) is 0 Å². The number of aromatic hydroxyl groups is 5. The summed E-state index contributed by atoms with van der Waals surface area (Å²) in [4.78, 5) is 25.4. The van der Waals surface area contributed by atoms with E-state index in [1.807, 2.05) is 0 Å². The van der Waals surface area contributed by atoms with E-state index < -0.39 is 40.9 Å². The molecular weight excluding hydrogens is 346 g/mol. The van der Waals surface area contributed by atoms with Gasteiger partial charge in [0.2, 0.25) is 0 Å². The molecule has 9 nitrogen and oxygen atoms in total. The lowest BCUT2D eigenvalue weighted by Crippen LogP contribution is -2.48. The summed E-state index contributed by atoms with van der Waals surface area (Å²) in [6.07, 6.45) is -0.0969. The number of amides is 1. The van der Waals surface area contributed by atoms with E-state index in [9.17, 15) is 40.2 Å². The molecule has 1 aliphatic heterocycles. The van der Waals surface area contributed by atoms with Crippen LogP contribution in [0.5, 0.6) is 28.7 Å². The van der Waals surface area contributed by atoms with Gasteiger partial charge in [-0.1, -0.05) is 0 Å². The topological polar surface area (TPSA) is 159 Å². The molecule has 0 bridgehead atoms. The highest BCUT2D eigenvalue weighted by Gasteiger charge is 2.36. The zero-order valence-corrected chi connectivity index (χ0v) is 13.2. The van der Waals surface area contributed by atoms with E-state index in [4.69, 9.17) is 0 Å². The lowest BCUT2D eigenvalue weighted by molar-refractivity contribution is -0.142. The number of rotatable bonds is 2. The standard InChI is InChI=1S/C17H15NO8/c19-11-2-7-1-10(17(25)26)18(6-9(7)5-12(11)20)16(24)8-3-13(21)15(23)14(22)4-8/h2-5,10,19-23H,1,6H2,(H,25,26)/t10-/m0/s1. The number of phenolic OH excluding ortho intramolecular Hbond substituents is 5. The van der Waals surface area contributed by atoms with E-state index in [2.05, 4.69) is 0 Å². The highest BCUT2D eigenvalue weighted by Crippen LogP contribution is 2.37. The molecular formula is C17H15NO8. The van der Waals surface area contributed by atoms with Gasteiger partial charge in [-0.25, -0.2) is 4.79 Å². The highest BCUT2D eigenvalue weighted by molar-refractivity contribution is 5.98. The number of hydrogen-bond acceptors (Lipinski definition) is 7. The largest absolute Gasteiger partial charge is 0.504 e. The lowest BCUT2D eigenvalue weighted by Gasteiger charge is -2.34. The molecule has 0 saturated carbocycles. The van der Waals surface area contributed by atoms with E-state index >= 15 is 0 Å². The van der Waals surface area contributed by atoms with Crippen molar-refractivity contribution in [1.82, 2.24) is 4.90 Å². The molecule has 1 amide bonds. The predicted octanol–water partition coefficient (Wildman–Crippen LogP) is 0.866. The molecule has 0 unspecified atom stereocenters. The first-order valence-corrected chi connectivity index (χ1v) is 7.51. The van der Waals surface area contributed by atoms with Gasteiger partial charge in [0, 0.05) is 18.5 Å². The maximum atomic E-state index is 12.7. The number of carbonyl (C=O) groups is 2. The average Bonchev–Trinajstić information content (AvgIpc) is 2.58. The summed E-state index contributed by atoms with van der Waals surface area (Å²) in [5, 5.41) is 57.2. The van der Waals surface area contributed by atoms with Crippen molar-refractivity contribution >= 4 is 11.9 Å². The van der Waals surface area contributed by atoms with Gasteiger partial charge >= 0.3 is 5.97 Å². The SMILES string of the molecule is O=C(O)[C@@H]1Cc2cc(O)c(O)cc2CN1C(=O)c1cc(O)c(O)c(O)c1. The molecule has 0 saturated heterocycles. The maximum absolute atomic E-state index is 12.7. The molecule has 0 spiro atoms. The lowest BCUT2D eigenvalue weighted by atomic mass is 9.92. The van der Waals surface area contributed by atoms with Crippen molar-refractivity contribution in [3.05, 3.63) is 41.0 Å². The Balaban J connectivity index is 2.03. The van der Waals surface area contributed by atoms with Crippen molar-refractivity contribution in [3.8, 4) is 28.7 Å². The van der Waals surface area contributed by atoms with Gasteiger partial charge in [0.25, 0.3) is 5.91 Å². The minimum absolute atomic E-state index is 0.0969. The van der Waals surface area contributed by atoms with E-state index in [1.54, 1.807) is 0 Å². The first-order chi connectivity index (χ1) is 12.2. The Labute approximate surface area is 146 Å². The number of carbonyl (C=O) groups excluding carboxylic acids is 1. The summed E-state index contributed by atoms with van der Waals surface area (Å²) in [6.45, 7) is -0.165. The summed E-state index contributed by atoms with van der Waals surface area (Å²) >= 11 is 0. The van der Waals surface area contributed by atoms with Crippen LogP contribution in [-0.2, 0) is 17.8 Å². The van der Waals surface area contributed by atoms with Crippen LogP contribution in [0.2, 0.25) is 0 Å². The minimum Gasteiger partial charge on any atom is -0.504 e. The second-order valence-corrected chi connectivity index (χ2v) is 5.96. The fourth-order valence-electron chi connectivity index (χ4n) is 2.94. The van der Waals surface area contributed by atoms with Gasteiger partial charge in [-0.15, -0.1) is 0 Å². The zero-order chi connectivity index (χ0) is 19.2. The molecule has 136 valence electrons. The summed E-state index contributed by atoms with van der Waals surface area (Å²) < 4.78 is 0. The number of carboxylic acid groups (broad SMARTS) is 1. The van der Waals surface area contributed by atoms with Crippen LogP contribution in [0.15, 0.2) is 24.3 Å². The molecule has 1 heterocycles. The number of aliphatic carboxylic acids is 1. The quantitative estimate of drug-likeness (QED) is 0.430. The van der Waals surface area contributed by atoms with Gasteiger partial charge in [-0.05, 0) is 35.4 Å². The highest BCUT2D eigenvalue weighted by atomic mass is 16.4. The third-order valence-corrected chi connectivity index (χ3v) is 4.29. The Kier molecular flexibility index (Phi) is 3.99. The molecule has 1 atom stereocenters. The Bertz CT molecular complexity index is 900. The Morgan fingerprint density at radius 2 is 1.38 bits per heavy atom. The number of nitrogens with zero attached hydrogens (tertiary/aromatic N) is 1. The molecule has 3 rings (SSSR count). The number of carboxylic acids is 1. The van der Waals surface area contributed by atoms with E-state index in [-0.39, 0.29) is 24.3 Å². The van der Waals surface area contributed by atoms with Crippen LogP contribution in [0.3, 0.4) is 0 Å². The van der Waals surface area contributed by atoms with Crippen molar-refractivity contribution < 1.29 is 40.2 Å². The normalized spacial score (nSPS) is 16.2. The van der Waals surface area contributed by atoms with Crippen molar-refractivity contribution in [2.75, 3.05) is 0 Å². The van der Waals surface area contributed by atoms with Gasteiger partial charge in [0.1, 0.15) is 6.04 Å². The van der Waals surface area contributed by atoms with Crippen molar-refractivity contribution in [2.24, 2.45) is 0 Å². The Morgan fingerprint density at radius 3 is 1.92 bits per heavy atom. The van der Waals surface area contributed by atoms with Crippen LogP contribution in [0, 0.1) is 0 Å². The van der Waals surface area contributed by atoms with E-state index in [0.717, 1.165) is 17.0 Å². The first-order valence-electron chi connectivity index (χ1n) is 7.51. The van der Waals surface area contributed by atoms with Gasteiger partial charge in [0.15, 0.2) is 28.7 Å². The number of fused-ring (bicyclic) bond motifs is 1. The maximum Gasteiger partial charge on any atom is 0.326 e. The predicted molar refractivity (Wildman–Crippen MR) is 86.2 cm³/mol. The number of phenols is 5. The van der Waals surface area contributed by atoms with Crippen LogP contribution in [-0.4, -0.2) is 53.5 Å². The van der Waals surface area contributed by atoms with Crippen LogP contribution in [0.1, 0.15) is 21.5 Å². The van der Waals surface area contributed by atoms with Gasteiger partial charge in [-0.2, -0.15) is 0 Å². The first kappa shape index (κ1) is 17.2. The molecule has 0 radical (unpaired) electrons. The fourth-order valence-corrected chi connectivity index (χ4v) is 2.94. The van der Waals surface area contributed by atoms with Gasteiger partial charge in [-0.3, -0.25) is 4.79 Å².